The SMILES string of the molecule is O=C(NCCCn1nc(C(F)(F)F)cc1C1CC1)c1cnn2c(C(F)(F)F)cc(-c3cccc4ccccc34)nc12. The molecular formula is C28H22F6N6O. The quantitative estimate of drug-likeness (QED) is 0.179. The van der Waals surface area contributed by atoms with Crippen molar-refractivity contribution in [2.24, 2.45) is 0 Å². The molecule has 3 heterocycles. The van der Waals surface area contributed by atoms with Gasteiger partial charge in [0.2, 0.25) is 0 Å². The minimum atomic E-state index is -4.78. The van der Waals surface area contributed by atoms with Crippen LogP contribution in [0.5, 0.6) is 0 Å². The van der Waals surface area contributed by atoms with Gasteiger partial charge in [-0.3, -0.25) is 9.48 Å². The van der Waals surface area contributed by atoms with E-state index >= 15 is 0 Å². The number of hydrogen-bond donors (Lipinski definition) is 1. The van der Waals surface area contributed by atoms with E-state index in [1.807, 2.05) is 18.2 Å². The number of aromatic nitrogens is 5. The summed E-state index contributed by atoms with van der Waals surface area (Å²) in [5.41, 5.74) is -1.46. The smallest absolute Gasteiger partial charge is 0.352 e. The summed E-state index contributed by atoms with van der Waals surface area (Å²) in [6.07, 6.45) is -6.47. The molecule has 1 aliphatic carbocycles. The van der Waals surface area contributed by atoms with Crippen LogP contribution < -0.4 is 5.32 Å². The van der Waals surface area contributed by atoms with Crippen LogP contribution >= 0.6 is 0 Å². The first kappa shape index (κ1) is 26.8. The highest BCUT2D eigenvalue weighted by Gasteiger charge is 2.38. The van der Waals surface area contributed by atoms with Crippen molar-refractivity contribution in [3.8, 4) is 11.3 Å². The molecule has 5 aromatic rings. The molecular weight excluding hydrogens is 550 g/mol. The molecule has 0 bridgehead atoms. The zero-order chi connectivity index (χ0) is 28.9. The van der Waals surface area contributed by atoms with Crippen molar-refractivity contribution in [1.82, 2.24) is 29.7 Å². The summed E-state index contributed by atoms with van der Waals surface area (Å²) >= 11 is 0. The van der Waals surface area contributed by atoms with Gasteiger partial charge in [0.05, 0.1) is 11.9 Å². The predicted octanol–water partition coefficient (Wildman–Crippen LogP) is 6.48. The Balaban J connectivity index is 1.26. The van der Waals surface area contributed by atoms with Crippen molar-refractivity contribution in [3.05, 3.63) is 83.4 Å². The molecule has 7 nitrogen and oxygen atoms in total. The average Bonchev–Trinajstić information content (AvgIpc) is 3.53. The van der Waals surface area contributed by atoms with Gasteiger partial charge in [0.25, 0.3) is 5.91 Å². The van der Waals surface area contributed by atoms with E-state index < -0.39 is 29.6 Å². The summed E-state index contributed by atoms with van der Waals surface area (Å²) in [5, 5.41) is 11.6. The Morgan fingerprint density at radius 1 is 0.976 bits per heavy atom. The van der Waals surface area contributed by atoms with Crippen molar-refractivity contribution < 1.29 is 31.1 Å². The topological polar surface area (TPSA) is 77.1 Å². The molecule has 1 aliphatic rings. The van der Waals surface area contributed by atoms with Gasteiger partial charge >= 0.3 is 12.4 Å². The number of nitrogens with zero attached hydrogens (tertiary/aromatic N) is 5. The number of halogens is 6. The number of benzene rings is 2. The summed E-state index contributed by atoms with van der Waals surface area (Å²) in [7, 11) is 0. The lowest BCUT2D eigenvalue weighted by Crippen LogP contribution is -2.26. The van der Waals surface area contributed by atoms with Gasteiger partial charge in [0.15, 0.2) is 17.0 Å². The predicted molar refractivity (Wildman–Crippen MR) is 137 cm³/mol. The standard InChI is InChI=1S/C28H22F6N6O/c29-27(30,31)23-14-22(17-9-10-17)39(38-23)12-4-11-35-26(41)20-15-36-40-24(28(32,33)34)13-21(37-25(20)40)19-8-3-6-16-5-1-2-7-18(16)19/h1-3,5-8,13-15,17H,4,9-12H2,(H,35,41). The molecule has 0 radical (unpaired) electrons. The van der Waals surface area contributed by atoms with E-state index in [1.165, 1.54) is 4.68 Å². The molecule has 13 heteroatoms. The second-order valence-electron chi connectivity index (χ2n) is 9.90. The largest absolute Gasteiger partial charge is 0.435 e. The van der Waals surface area contributed by atoms with Gasteiger partial charge in [-0.25, -0.2) is 9.50 Å². The monoisotopic (exact) mass is 572 g/mol. The third kappa shape index (κ3) is 5.23. The van der Waals surface area contributed by atoms with Crippen LogP contribution in [0.3, 0.4) is 0 Å². The first-order valence-corrected chi connectivity index (χ1v) is 12.9. The van der Waals surface area contributed by atoms with E-state index in [2.05, 4.69) is 20.5 Å². The summed E-state index contributed by atoms with van der Waals surface area (Å²) in [6, 6.07) is 14.4. The molecule has 6 rings (SSSR count). The van der Waals surface area contributed by atoms with Crippen molar-refractivity contribution in [2.45, 2.75) is 44.1 Å². The molecule has 2 aromatic carbocycles. The minimum absolute atomic E-state index is 0.0305. The van der Waals surface area contributed by atoms with Crippen LogP contribution in [0, 0.1) is 0 Å². The van der Waals surface area contributed by atoms with Crippen LogP contribution in [0.15, 0.2) is 60.8 Å². The zero-order valence-corrected chi connectivity index (χ0v) is 21.3. The lowest BCUT2D eigenvalue weighted by molar-refractivity contribution is -0.143. The number of carbonyl (C=O) groups excluding carboxylic acids is 1. The Morgan fingerprint density at radius 3 is 2.46 bits per heavy atom. The maximum absolute atomic E-state index is 14.0. The van der Waals surface area contributed by atoms with Gasteiger partial charge in [-0.2, -0.15) is 36.5 Å². The van der Waals surface area contributed by atoms with Gasteiger partial charge < -0.3 is 5.32 Å². The van der Waals surface area contributed by atoms with Crippen molar-refractivity contribution in [2.75, 3.05) is 6.54 Å². The van der Waals surface area contributed by atoms with E-state index in [-0.39, 0.29) is 42.3 Å². The van der Waals surface area contributed by atoms with Crippen LogP contribution in [-0.4, -0.2) is 36.8 Å². The van der Waals surface area contributed by atoms with Gasteiger partial charge in [-0.1, -0.05) is 42.5 Å². The molecule has 212 valence electrons. The maximum Gasteiger partial charge on any atom is 0.435 e. The van der Waals surface area contributed by atoms with Gasteiger partial charge in [-0.15, -0.1) is 0 Å². The third-order valence-corrected chi connectivity index (χ3v) is 7.00. The second-order valence-corrected chi connectivity index (χ2v) is 9.90. The third-order valence-electron chi connectivity index (χ3n) is 7.00. The van der Waals surface area contributed by atoms with E-state index in [4.69, 9.17) is 0 Å². The van der Waals surface area contributed by atoms with Crippen molar-refractivity contribution in [1.29, 1.82) is 0 Å². The highest BCUT2D eigenvalue weighted by molar-refractivity contribution is 6.00. The summed E-state index contributed by atoms with van der Waals surface area (Å²) in [5.74, 6) is -0.661. The fourth-order valence-corrected chi connectivity index (χ4v) is 4.89. The van der Waals surface area contributed by atoms with Crippen molar-refractivity contribution >= 4 is 22.3 Å². The number of hydrogen-bond acceptors (Lipinski definition) is 4. The number of fused-ring (bicyclic) bond motifs is 2. The minimum Gasteiger partial charge on any atom is -0.352 e. The van der Waals surface area contributed by atoms with Crippen LogP contribution in [0.25, 0.3) is 27.7 Å². The molecule has 0 saturated heterocycles. The number of nitrogens with one attached hydrogen (secondary N) is 1. The number of carbonyl (C=O) groups is 1. The van der Waals surface area contributed by atoms with E-state index in [0.717, 1.165) is 36.6 Å². The lowest BCUT2D eigenvalue weighted by Gasteiger charge is -2.13. The maximum atomic E-state index is 14.0. The molecule has 41 heavy (non-hydrogen) atoms. The number of amides is 1. The van der Waals surface area contributed by atoms with Gasteiger partial charge in [0.1, 0.15) is 5.56 Å². The summed E-state index contributed by atoms with van der Waals surface area (Å²) < 4.78 is 83.5. The fraction of sp³-hybridized carbons (Fsp3) is 0.286. The molecule has 1 N–H and O–H groups in total. The Bertz CT molecular complexity index is 1760. The molecule has 1 fully saturated rings. The van der Waals surface area contributed by atoms with Crippen LogP contribution in [-0.2, 0) is 18.9 Å². The molecule has 1 amide bonds. The Kier molecular flexibility index (Phi) is 6.46. The lowest BCUT2D eigenvalue weighted by atomic mass is 10.0. The summed E-state index contributed by atoms with van der Waals surface area (Å²) in [6.45, 7) is 0.190. The molecule has 3 aromatic heterocycles. The first-order chi connectivity index (χ1) is 19.5. The van der Waals surface area contributed by atoms with E-state index in [1.54, 1.807) is 24.3 Å². The number of rotatable bonds is 7. The second kappa shape index (κ2) is 9.89. The van der Waals surface area contributed by atoms with Crippen LogP contribution in [0.1, 0.15) is 52.6 Å². The highest BCUT2D eigenvalue weighted by Crippen LogP contribution is 2.42. The Hall–Kier alpha value is -4.42. The number of alkyl halides is 6. The van der Waals surface area contributed by atoms with Gasteiger partial charge in [-0.05, 0) is 42.2 Å². The van der Waals surface area contributed by atoms with Crippen LogP contribution in [0.2, 0.25) is 0 Å². The number of aryl methyl sites for hydroxylation is 1. The molecule has 1 saturated carbocycles. The zero-order valence-electron chi connectivity index (χ0n) is 21.3. The highest BCUT2D eigenvalue weighted by atomic mass is 19.4. The van der Waals surface area contributed by atoms with E-state index in [9.17, 15) is 31.1 Å². The average molecular weight is 573 g/mol. The fourth-order valence-electron chi connectivity index (χ4n) is 4.89. The molecule has 0 spiro atoms. The molecule has 0 aliphatic heterocycles. The van der Waals surface area contributed by atoms with Crippen LogP contribution in [0.4, 0.5) is 26.3 Å². The first-order valence-electron chi connectivity index (χ1n) is 12.9. The Morgan fingerprint density at radius 2 is 1.73 bits per heavy atom. The summed E-state index contributed by atoms with van der Waals surface area (Å²) in [4.78, 5) is 17.4. The molecule has 0 unspecified atom stereocenters. The van der Waals surface area contributed by atoms with E-state index in [0.29, 0.717) is 21.2 Å². The van der Waals surface area contributed by atoms with Gasteiger partial charge in [0, 0.05) is 30.3 Å². The Labute approximate surface area is 228 Å². The normalized spacial score (nSPS) is 14.2. The van der Waals surface area contributed by atoms with Crippen molar-refractivity contribution in [3.63, 3.8) is 0 Å². The molecule has 0 atom stereocenters.